The van der Waals surface area contributed by atoms with Crippen LogP contribution < -0.4 is 4.90 Å². The Balaban J connectivity index is 1.43. The van der Waals surface area contributed by atoms with E-state index in [1.807, 2.05) is 24.3 Å². The van der Waals surface area contributed by atoms with Gasteiger partial charge in [-0.1, -0.05) is 23.9 Å². The van der Waals surface area contributed by atoms with Crippen molar-refractivity contribution < 1.29 is 18.3 Å². The maximum atomic E-state index is 13.3. The van der Waals surface area contributed by atoms with Gasteiger partial charge in [-0.05, 0) is 88.0 Å². The van der Waals surface area contributed by atoms with Gasteiger partial charge in [-0.25, -0.2) is 0 Å². The third-order valence-electron chi connectivity index (χ3n) is 6.29. The van der Waals surface area contributed by atoms with E-state index < -0.39 is 11.7 Å². The molecule has 2 aromatic carbocycles. The molecular weight excluding hydrogens is 421 g/mol. The van der Waals surface area contributed by atoms with Gasteiger partial charge in [0.15, 0.2) is 0 Å². The van der Waals surface area contributed by atoms with Gasteiger partial charge in [-0.15, -0.1) is 0 Å². The topological polar surface area (TPSA) is 26.7 Å². The summed E-state index contributed by atoms with van der Waals surface area (Å²) in [6.07, 6.45) is 0.877. The van der Waals surface area contributed by atoms with Crippen LogP contribution in [-0.2, 0) is 6.18 Å². The minimum atomic E-state index is -4.34. The molecule has 2 heterocycles. The second-order valence-electron chi connectivity index (χ2n) is 8.41. The van der Waals surface area contributed by atoms with Crippen LogP contribution in [0.1, 0.15) is 37.7 Å². The highest BCUT2D eigenvalue weighted by Gasteiger charge is 2.33. The molecule has 2 aliphatic rings. The molecule has 168 valence electrons. The van der Waals surface area contributed by atoms with Crippen molar-refractivity contribution in [3.05, 3.63) is 48.0 Å². The van der Waals surface area contributed by atoms with E-state index in [0.717, 1.165) is 54.4 Å². The summed E-state index contributed by atoms with van der Waals surface area (Å²) in [4.78, 5) is 6.48. The zero-order valence-corrected chi connectivity index (χ0v) is 18.4. The Hall–Kier alpha value is -1.70. The summed E-state index contributed by atoms with van der Waals surface area (Å²) in [5, 5.41) is 9.01. The predicted octanol–water partition coefficient (Wildman–Crippen LogP) is 6.18. The van der Waals surface area contributed by atoms with Gasteiger partial charge in [-0.3, -0.25) is 0 Å². The van der Waals surface area contributed by atoms with E-state index in [2.05, 4.69) is 9.80 Å². The Morgan fingerprint density at radius 1 is 0.935 bits per heavy atom. The van der Waals surface area contributed by atoms with Gasteiger partial charge in [-0.2, -0.15) is 13.2 Å². The summed E-state index contributed by atoms with van der Waals surface area (Å²) in [6, 6.07) is 12.0. The van der Waals surface area contributed by atoms with E-state index >= 15 is 0 Å². The van der Waals surface area contributed by atoms with Crippen LogP contribution in [0.2, 0.25) is 0 Å². The first-order valence-electron chi connectivity index (χ1n) is 11.0. The number of aliphatic hydroxyl groups excluding tert-OH is 1. The Labute approximate surface area is 186 Å². The van der Waals surface area contributed by atoms with Crippen molar-refractivity contribution in [2.75, 3.05) is 37.7 Å². The third kappa shape index (κ3) is 5.38. The van der Waals surface area contributed by atoms with Crippen LogP contribution in [0, 0.1) is 5.92 Å². The van der Waals surface area contributed by atoms with E-state index in [4.69, 9.17) is 5.11 Å². The molecule has 0 unspecified atom stereocenters. The van der Waals surface area contributed by atoms with Crippen LogP contribution in [0.25, 0.3) is 0 Å². The second kappa shape index (κ2) is 9.84. The molecule has 0 aliphatic carbocycles. The van der Waals surface area contributed by atoms with E-state index in [1.165, 1.54) is 36.7 Å². The van der Waals surface area contributed by atoms with Gasteiger partial charge in [0, 0.05) is 22.9 Å². The number of likely N-dealkylation sites (tertiary alicyclic amines) is 1. The maximum Gasteiger partial charge on any atom is 0.416 e. The van der Waals surface area contributed by atoms with Crippen LogP contribution in [0.3, 0.4) is 0 Å². The molecule has 1 fully saturated rings. The number of hydrogen-bond donors (Lipinski definition) is 1. The molecule has 0 spiro atoms. The van der Waals surface area contributed by atoms with E-state index in [0.29, 0.717) is 18.2 Å². The molecule has 1 saturated heterocycles. The summed E-state index contributed by atoms with van der Waals surface area (Å²) in [5.74, 6) is 0.710. The monoisotopic (exact) mass is 450 g/mol. The van der Waals surface area contributed by atoms with Crippen LogP contribution in [0.5, 0.6) is 0 Å². The lowest BCUT2D eigenvalue weighted by molar-refractivity contribution is -0.137. The van der Waals surface area contributed by atoms with E-state index in [9.17, 15) is 13.2 Å². The molecule has 3 nitrogen and oxygen atoms in total. The molecule has 2 aromatic rings. The lowest BCUT2D eigenvalue weighted by atomic mass is 9.92. The molecule has 0 radical (unpaired) electrons. The molecule has 0 saturated carbocycles. The van der Waals surface area contributed by atoms with Crippen LogP contribution in [-0.4, -0.2) is 42.8 Å². The largest absolute Gasteiger partial charge is 0.416 e. The van der Waals surface area contributed by atoms with Crippen molar-refractivity contribution in [2.24, 2.45) is 5.92 Å². The number of hydrogen-bond acceptors (Lipinski definition) is 4. The molecule has 4 rings (SSSR count). The fourth-order valence-corrected chi connectivity index (χ4v) is 5.65. The molecule has 1 N–H and O–H groups in total. The first kappa shape index (κ1) is 22.5. The number of halogens is 3. The summed E-state index contributed by atoms with van der Waals surface area (Å²) < 4.78 is 40.0. The molecule has 2 aliphatic heterocycles. The molecule has 0 amide bonds. The number of benzene rings is 2. The SMILES string of the molecule is OCCCC1CCN(CCCN2c3ccccc3Sc3ccc(C(F)(F)F)cc32)CC1. The van der Waals surface area contributed by atoms with Crippen molar-refractivity contribution in [2.45, 2.75) is 48.1 Å². The van der Waals surface area contributed by atoms with Gasteiger partial charge in [0.25, 0.3) is 0 Å². The van der Waals surface area contributed by atoms with Crippen LogP contribution >= 0.6 is 11.8 Å². The van der Waals surface area contributed by atoms with Crippen molar-refractivity contribution in [3.8, 4) is 0 Å². The lowest BCUT2D eigenvalue weighted by Gasteiger charge is -2.35. The molecule has 0 bridgehead atoms. The summed E-state index contributed by atoms with van der Waals surface area (Å²) in [6.45, 7) is 4.05. The Morgan fingerprint density at radius 3 is 2.42 bits per heavy atom. The number of anilines is 2. The summed E-state index contributed by atoms with van der Waals surface area (Å²) >= 11 is 1.54. The third-order valence-corrected chi connectivity index (χ3v) is 7.42. The first-order valence-corrected chi connectivity index (χ1v) is 11.9. The van der Waals surface area contributed by atoms with E-state index in [-0.39, 0.29) is 6.61 Å². The summed E-state index contributed by atoms with van der Waals surface area (Å²) in [5.41, 5.74) is 1.05. The molecule has 0 aromatic heterocycles. The fraction of sp³-hybridized carbons (Fsp3) is 0.500. The standard InChI is InChI=1S/C24H29F3N2OS/c25-24(26,27)19-8-9-23-21(17-19)29(20-6-1-2-7-22(20)31-23)13-4-12-28-14-10-18(11-15-28)5-3-16-30/h1-2,6-9,17-18,30H,3-5,10-16H2. The smallest absolute Gasteiger partial charge is 0.396 e. The highest BCUT2D eigenvalue weighted by atomic mass is 32.2. The van der Waals surface area contributed by atoms with Crippen molar-refractivity contribution in [1.82, 2.24) is 4.90 Å². The number of piperidine rings is 1. The van der Waals surface area contributed by atoms with Gasteiger partial charge < -0.3 is 14.9 Å². The van der Waals surface area contributed by atoms with Gasteiger partial charge >= 0.3 is 6.18 Å². The fourth-order valence-electron chi connectivity index (χ4n) is 4.58. The van der Waals surface area contributed by atoms with Crippen LogP contribution in [0.4, 0.5) is 24.5 Å². The molecular formula is C24H29F3N2OS. The Bertz CT molecular complexity index is 881. The number of para-hydroxylation sites is 1. The second-order valence-corrected chi connectivity index (χ2v) is 9.49. The van der Waals surface area contributed by atoms with Crippen molar-refractivity contribution >= 4 is 23.1 Å². The Morgan fingerprint density at radius 2 is 1.68 bits per heavy atom. The lowest BCUT2D eigenvalue weighted by Crippen LogP contribution is -2.36. The van der Waals surface area contributed by atoms with Crippen molar-refractivity contribution in [3.63, 3.8) is 0 Å². The average Bonchev–Trinajstić information content (AvgIpc) is 2.77. The minimum absolute atomic E-state index is 0.271. The zero-order valence-electron chi connectivity index (χ0n) is 17.6. The summed E-state index contributed by atoms with van der Waals surface area (Å²) in [7, 11) is 0. The highest BCUT2D eigenvalue weighted by molar-refractivity contribution is 7.99. The number of alkyl halides is 3. The van der Waals surface area contributed by atoms with Crippen molar-refractivity contribution in [1.29, 1.82) is 0 Å². The minimum Gasteiger partial charge on any atom is -0.396 e. The molecule has 7 heteroatoms. The predicted molar refractivity (Wildman–Crippen MR) is 119 cm³/mol. The van der Waals surface area contributed by atoms with Gasteiger partial charge in [0.2, 0.25) is 0 Å². The number of rotatable bonds is 7. The number of fused-ring (bicyclic) bond motifs is 2. The van der Waals surface area contributed by atoms with Gasteiger partial charge in [0.1, 0.15) is 0 Å². The molecule has 31 heavy (non-hydrogen) atoms. The normalized spacial score (nSPS) is 17.5. The molecule has 0 atom stereocenters. The quantitative estimate of drug-likeness (QED) is 0.545. The Kier molecular flexibility index (Phi) is 7.14. The maximum absolute atomic E-state index is 13.3. The van der Waals surface area contributed by atoms with E-state index in [1.54, 1.807) is 6.07 Å². The number of nitrogens with zero attached hydrogens (tertiary/aromatic N) is 2. The average molecular weight is 451 g/mol. The van der Waals surface area contributed by atoms with Crippen LogP contribution in [0.15, 0.2) is 52.3 Å². The number of aliphatic hydroxyl groups is 1. The zero-order chi connectivity index (χ0) is 21.8. The first-order chi connectivity index (χ1) is 15.0. The highest BCUT2D eigenvalue weighted by Crippen LogP contribution is 2.49. The van der Waals surface area contributed by atoms with Gasteiger partial charge in [0.05, 0.1) is 16.9 Å².